The molecule has 0 radical (unpaired) electrons. The van der Waals surface area contributed by atoms with E-state index in [-0.39, 0.29) is 23.0 Å². The van der Waals surface area contributed by atoms with Gasteiger partial charge in [0, 0.05) is 11.8 Å². The fraction of sp³-hybridized carbons (Fsp3) is 0.567. The van der Waals surface area contributed by atoms with E-state index in [1.807, 2.05) is 12.1 Å². The number of hydrogen-bond acceptors (Lipinski definition) is 3. The summed E-state index contributed by atoms with van der Waals surface area (Å²) in [6.45, 7) is 13.2. The Bertz CT molecular complexity index is 1120. The number of aliphatic hydroxyl groups excluding tert-OH is 1. The van der Waals surface area contributed by atoms with E-state index in [1.165, 1.54) is 10.8 Å². The van der Waals surface area contributed by atoms with Crippen LogP contribution in [0.5, 0.6) is 0 Å². The minimum absolute atomic E-state index is 0.122. The van der Waals surface area contributed by atoms with Gasteiger partial charge < -0.3 is 10.2 Å². The Hall–Kier alpha value is -1.93. The first-order valence-corrected chi connectivity index (χ1v) is 15.8. The summed E-state index contributed by atoms with van der Waals surface area (Å²) in [4.78, 5) is 12.1. The Labute approximate surface area is 205 Å². The minimum atomic E-state index is -2.07. The molecule has 0 aliphatic heterocycles. The molecule has 34 heavy (non-hydrogen) atoms. The van der Waals surface area contributed by atoms with Crippen molar-refractivity contribution in [3.05, 3.63) is 54.1 Å². The second-order valence-electron chi connectivity index (χ2n) is 12.3. The topological polar surface area (TPSA) is 57.5 Å². The molecule has 4 heteroatoms. The van der Waals surface area contributed by atoms with Crippen molar-refractivity contribution in [3.63, 3.8) is 0 Å². The first-order chi connectivity index (χ1) is 15.9. The highest BCUT2D eigenvalue weighted by Crippen LogP contribution is 2.68. The van der Waals surface area contributed by atoms with E-state index >= 15 is 0 Å². The van der Waals surface area contributed by atoms with E-state index in [1.54, 1.807) is 0 Å². The zero-order valence-corrected chi connectivity index (χ0v) is 22.0. The predicted octanol–water partition coefficient (Wildman–Crippen LogP) is 4.54. The molecule has 0 amide bonds. The molecule has 3 saturated carbocycles. The molecule has 0 bridgehead atoms. The third-order valence-electron chi connectivity index (χ3n) is 10.1. The van der Waals surface area contributed by atoms with E-state index in [2.05, 4.69) is 69.3 Å². The maximum Gasteiger partial charge on any atom is 0.162 e. The second kappa shape index (κ2) is 7.78. The number of allylic oxidation sites excluding steroid dienone is 1. The number of carbonyl (C=O) groups excluding carboxylic acids is 1. The molecule has 0 heterocycles. The van der Waals surface area contributed by atoms with Crippen molar-refractivity contribution < 1.29 is 15.0 Å². The van der Waals surface area contributed by atoms with Crippen LogP contribution in [-0.4, -0.2) is 35.8 Å². The van der Waals surface area contributed by atoms with Gasteiger partial charge in [-0.15, -0.1) is 5.54 Å². The number of benzene rings is 1. The standard InChI is InChI=1S/C30H38O3Si/c1-20-17-25-24-12-11-21-18-22(31)13-14-28(21,2)27(24)26(32)19-29(25,3)30(20,33)15-16-34(4,5)23-9-7-6-8-10-23/h6-10,18,24-27,32-33H,1,11-14,17,19H2,2-5H3/t24-,25-,26-,27+,28-,29-,30-/m0/s1. The molecule has 1 aromatic carbocycles. The van der Waals surface area contributed by atoms with E-state index in [0.29, 0.717) is 18.8 Å². The number of ketones is 1. The fourth-order valence-electron chi connectivity index (χ4n) is 8.05. The molecule has 3 fully saturated rings. The summed E-state index contributed by atoms with van der Waals surface area (Å²) in [5, 5.41) is 25.0. The quantitative estimate of drug-likeness (QED) is 0.357. The molecule has 5 rings (SSSR count). The first kappa shape index (κ1) is 23.8. The van der Waals surface area contributed by atoms with Crippen molar-refractivity contribution in [1.29, 1.82) is 0 Å². The van der Waals surface area contributed by atoms with Crippen molar-refractivity contribution in [2.45, 2.75) is 77.2 Å². The van der Waals surface area contributed by atoms with Gasteiger partial charge in [-0.3, -0.25) is 4.79 Å². The maximum absolute atomic E-state index is 12.1. The number of fused-ring (bicyclic) bond motifs is 5. The van der Waals surface area contributed by atoms with Crippen LogP contribution < -0.4 is 5.19 Å². The van der Waals surface area contributed by atoms with E-state index < -0.39 is 25.2 Å². The summed E-state index contributed by atoms with van der Waals surface area (Å²) in [6, 6.07) is 10.4. The van der Waals surface area contributed by atoms with Crippen LogP contribution in [0.4, 0.5) is 0 Å². The van der Waals surface area contributed by atoms with Gasteiger partial charge in [0.2, 0.25) is 0 Å². The zero-order chi connectivity index (χ0) is 24.5. The highest BCUT2D eigenvalue weighted by Gasteiger charge is 2.67. The van der Waals surface area contributed by atoms with Crippen LogP contribution in [0.1, 0.15) is 52.4 Å². The number of aliphatic hydroxyl groups is 2. The SMILES string of the molecule is C=C1C[C@H]2[C@@H]3CCC4=CC(=O)CC[C@]4(C)[C@H]3[C@@H](O)C[C@]2(C)[C@]1(O)C#C[Si](C)(C)c1ccccc1. The van der Waals surface area contributed by atoms with Gasteiger partial charge in [0.15, 0.2) is 19.5 Å². The summed E-state index contributed by atoms with van der Waals surface area (Å²) < 4.78 is 0. The highest BCUT2D eigenvalue weighted by molar-refractivity contribution is 6.96. The highest BCUT2D eigenvalue weighted by atomic mass is 28.3. The van der Waals surface area contributed by atoms with Crippen LogP contribution in [0.3, 0.4) is 0 Å². The number of carbonyl (C=O) groups is 1. The lowest BCUT2D eigenvalue weighted by Gasteiger charge is -2.60. The molecule has 0 aromatic heterocycles. The molecular formula is C30H38O3Si. The van der Waals surface area contributed by atoms with Gasteiger partial charge in [0.05, 0.1) is 6.10 Å². The van der Waals surface area contributed by atoms with Crippen molar-refractivity contribution in [1.82, 2.24) is 0 Å². The molecule has 1 aromatic rings. The third kappa shape index (κ3) is 3.28. The Morgan fingerprint density at radius 1 is 1.15 bits per heavy atom. The van der Waals surface area contributed by atoms with Crippen LogP contribution in [0.15, 0.2) is 54.1 Å². The van der Waals surface area contributed by atoms with E-state index in [4.69, 9.17) is 0 Å². The average molecular weight is 475 g/mol. The molecule has 180 valence electrons. The number of rotatable bonds is 1. The van der Waals surface area contributed by atoms with Gasteiger partial charge in [-0.2, -0.15) is 0 Å². The molecule has 3 nitrogen and oxygen atoms in total. The lowest BCUT2D eigenvalue weighted by Crippen LogP contribution is -2.59. The van der Waals surface area contributed by atoms with Crippen LogP contribution in [0, 0.1) is 40.0 Å². The molecule has 0 unspecified atom stereocenters. The van der Waals surface area contributed by atoms with Crippen LogP contribution in [0.2, 0.25) is 13.1 Å². The fourth-order valence-corrected chi connectivity index (χ4v) is 9.71. The molecule has 0 saturated heterocycles. The van der Waals surface area contributed by atoms with Gasteiger partial charge in [-0.05, 0) is 72.1 Å². The predicted molar refractivity (Wildman–Crippen MR) is 139 cm³/mol. The van der Waals surface area contributed by atoms with Crippen molar-refractivity contribution in [2.75, 3.05) is 0 Å². The molecule has 4 aliphatic rings. The number of hydrogen-bond donors (Lipinski definition) is 2. The minimum Gasteiger partial charge on any atom is -0.393 e. The smallest absolute Gasteiger partial charge is 0.162 e. The van der Waals surface area contributed by atoms with Crippen LogP contribution >= 0.6 is 0 Å². The molecular weight excluding hydrogens is 436 g/mol. The lowest BCUT2D eigenvalue weighted by atomic mass is 9.45. The summed E-state index contributed by atoms with van der Waals surface area (Å²) in [5.74, 6) is 4.27. The zero-order valence-electron chi connectivity index (χ0n) is 21.0. The summed E-state index contributed by atoms with van der Waals surface area (Å²) in [6.07, 6.45) is 5.88. The molecule has 4 aliphatic carbocycles. The van der Waals surface area contributed by atoms with Crippen molar-refractivity contribution >= 4 is 19.0 Å². The Balaban J connectivity index is 1.52. The molecule has 0 spiro atoms. The largest absolute Gasteiger partial charge is 0.393 e. The maximum atomic E-state index is 12.1. The van der Waals surface area contributed by atoms with Crippen LogP contribution in [0.25, 0.3) is 0 Å². The summed E-state index contributed by atoms with van der Waals surface area (Å²) in [5.41, 5.74) is 3.63. The Morgan fingerprint density at radius 2 is 1.85 bits per heavy atom. The van der Waals surface area contributed by atoms with Gasteiger partial charge in [-0.1, -0.05) is 75.3 Å². The Kier molecular flexibility index (Phi) is 5.45. The second-order valence-corrected chi connectivity index (χ2v) is 16.4. The Morgan fingerprint density at radius 3 is 2.56 bits per heavy atom. The average Bonchev–Trinajstić information content (AvgIpc) is 2.99. The first-order valence-electron chi connectivity index (χ1n) is 12.8. The van der Waals surface area contributed by atoms with Crippen molar-refractivity contribution in [3.8, 4) is 11.5 Å². The normalized spacial score (nSPS) is 41.5. The van der Waals surface area contributed by atoms with E-state index in [9.17, 15) is 15.0 Å². The van der Waals surface area contributed by atoms with Gasteiger partial charge in [0.25, 0.3) is 0 Å². The summed E-state index contributed by atoms with van der Waals surface area (Å²) in [7, 11) is -2.07. The monoisotopic (exact) mass is 474 g/mol. The van der Waals surface area contributed by atoms with Gasteiger partial charge in [0.1, 0.15) is 0 Å². The summed E-state index contributed by atoms with van der Waals surface area (Å²) >= 11 is 0. The third-order valence-corrected chi connectivity index (χ3v) is 12.7. The lowest BCUT2D eigenvalue weighted by molar-refractivity contribution is -0.153. The molecule has 2 N–H and O–H groups in total. The van der Waals surface area contributed by atoms with Crippen LogP contribution in [-0.2, 0) is 4.79 Å². The van der Waals surface area contributed by atoms with Gasteiger partial charge >= 0.3 is 0 Å². The van der Waals surface area contributed by atoms with Crippen molar-refractivity contribution in [2.24, 2.45) is 28.6 Å². The van der Waals surface area contributed by atoms with E-state index in [0.717, 1.165) is 31.3 Å². The van der Waals surface area contributed by atoms with Gasteiger partial charge in [-0.25, -0.2) is 0 Å². The molecule has 7 atom stereocenters.